The summed E-state index contributed by atoms with van der Waals surface area (Å²) >= 11 is 4.06. The first-order valence-corrected chi connectivity index (χ1v) is 34.3. The fraction of sp³-hybridized carbons (Fsp3) is 0.962. The Labute approximate surface area is 551 Å². The summed E-state index contributed by atoms with van der Waals surface area (Å²) in [4.78, 5) is 6.14. The fourth-order valence-electron chi connectivity index (χ4n) is 11.9. The van der Waals surface area contributed by atoms with Crippen molar-refractivity contribution in [3.8, 4) is 0 Å². The standard InChI is InChI=1S/C53H93N5O33S3/c1-2-92-7-4-57-24(55)9-25(56)58-5-8-94-16-23-46-32(70)39(77)53(84-23)89-44-21(14-63)80-49(35(73)28(44)66)87-41-18(11-60)81-50(36(74)29(41)67)90-45-22(15-93-6-3-54)83-52(38(76)31(45)69)88-43-20(13-62)79-48(34(72)27(43)65)85-40-17(10-59)78-47(33(71)26(40)64)86-42-19(12-61)82-51(91-46)37(75)30(42)68/h17-23,26-53,59-77H,2-16,54H2,1H3,(H2,55,57)(H2,56,58)/p+2/t17?,18?,19?,20?,21?,22?,23?,26-,27-,28-,29-,30-,31-,32-,33?,34?,35?,36?,37?,38?,39?,40-,41-,42-,43-,44-,45-,46-,47-,48-,49+,50+,51+,52+,53-/m1/s1. The minimum absolute atomic E-state index is 0.107. The lowest BCUT2D eigenvalue weighted by Gasteiger charge is -2.50. The molecule has 0 aromatic rings. The van der Waals surface area contributed by atoms with Gasteiger partial charge in [-0.1, -0.05) is 6.92 Å². The Kier molecular flexibility index (Phi) is 30.4. The molecule has 21 aliphatic rings. The Bertz CT molecular complexity index is 2330. The number of nitrogens with one attached hydrogen (secondary N) is 2. The zero-order valence-electron chi connectivity index (χ0n) is 51.0. The number of aliphatic hydroxyl groups is 19. The average Bonchev–Trinajstić information content (AvgIpc) is 0.789. The van der Waals surface area contributed by atoms with E-state index in [9.17, 15) is 97.0 Å². The summed E-state index contributed by atoms with van der Waals surface area (Å²) in [5.74, 6) is 2.82. The van der Waals surface area contributed by atoms with Crippen LogP contribution < -0.4 is 27.2 Å². The van der Waals surface area contributed by atoms with Crippen LogP contribution in [-0.2, 0) is 66.3 Å². The second-order valence-corrected chi connectivity index (χ2v) is 27.2. The van der Waals surface area contributed by atoms with Crippen molar-refractivity contribution in [3.05, 3.63) is 0 Å². The predicted molar refractivity (Wildman–Crippen MR) is 316 cm³/mol. The molecule has 27 N–H and O–H groups in total. The van der Waals surface area contributed by atoms with Crippen LogP contribution >= 0.6 is 35.3 Å². The minimum Gasteiger partial charge on any atom is -0.394 e. The highest BCUT2D eigenvalue weighted by Gasteiger charge is 2.59. The third-order valence-corrected chi connectivity index (χ3v) is 20.1. The second-order valence-electron chi connectivity index (χ2n) is 23.5. The molecule has 0 aliphatic carbocycles. The van der Waals surface area contributed by atoms with E-state index in [1.165, 1.54) is 11.8 Å². The van der Waals surface area contributed by atoms with Crippen molar-refractivity contribution in [1.29, 1.82) is 0 Å². The van der Waals surface area contributed by atoms with Gasteiger partial charge in [0.1, 0.15) is 165 Å². The molecule has 0 saturated carbocycles. The fourth-order valence-corrected chi connectivity index (χ4v) is 14.2. The first kappa shape index (κ1) is 78.4. The molecule has 35 atom stereocenters. The summed E-state index contributed by atoms with van der Waals surface area (Å²) < 4.78 is 83.1. The molecule has 0 amide bonds. The molecule has 546 valence electrons. The number of ether oxygens (including phenoxy) is 14. The van der Waals surface area contributed by atoms with Gasteiger partial charge in [0.2, 0.25) is 0 Å². The molecule has 0 radical (unpaired) electrons. The topological polar surface area (TPSA) is 620 Å². The molecule has 38 nitrogen and oxygen atoms in total. The van der Waals surface area contributed by atoms with E-state index in [2.05, 4.69) is 9.98 Å². The molecular formula is C53H95N5O33S3+2. The lowest BCUT2D eigenvalue weighted by Crippen LogP contribution is -2.80. The molecule has 14 bridgehead atoms. The smallest absolute Gasteiger partial charge is 0.252 e. The number of hydrogen-bond donors (Lipinski definition) is 24. The second kappa shape index (κ2) is 36.5. The average molecular weight is 1430 g/mol. The van der Waals surface area contributed by atoms with E-state index in [-0.39, 0.29) is 36.8 Å². The van der Waals surface area contributed by atoms with Gasteiger partial charge < -0.3 is 169 Å². The SMILES string of the molecule is CCSCC[NH+]=C(N)CC(N)=[NH+]CCSCC1O[C@@H]2O[C@@H]3C(CO)O[C@@H](O[C@@H]4C(CO)O[C@@H](O[C@@H]5C(CSCCN)O[C@@H](O[C@@H]6C(CO)O[C@H](O[C@@H]7C(CO)O[C@H](O[C@@H]8C(CO)O[C@@H](O[C@H]1[C@H](O)C2O)C(O)[C@H]8O)C(O)[C@H]7O)C(O)[C@H]6O)C(O)[C@H]5O)C(O)[C@H]4O)C(O)[C@H]3O. The van der Waals surface area contributed by atoms with Crippen molar-refractivity contribution in [2.45, 2.75) is 228 Å². The van der Waals surface area contributed by atoms with Crippen LogP contribution in [0.5, 0.6) is 0 Å². The van der Waals surface area contributed by atoms with Gasteiger partial charge in [0, 0.05) is 35.3 Å². The van der Waals surface area contributed by atoms with Crippen molar-refractivity contribution >= 4 is 47.0 Å². The summed E-state index contributed by atoms with van der Waals surface area (Å²) in [6.07, 6.45) is -67.9. The Morgan fingerprint density at radius 1 is 0.309 bits per heavy atom. The van der Waals surface area contributed by atoms with Crippen molar-refractivity contribution in [1.82, 2.24) is 0 Å². The number of thioether (sulfide) groups is 3. The summed E-state index contributed by atoms with van der Waals surface area (Å²) in [5, 5.41) is 216. The highest BCUT2D eigenvalue weighted by Crippen LogP contribution is 2.40. The Morgan fingerprint density at radius 3 is 0.745 bits per heavy atom. The third-order valence-electron chi connectivity index (χ3n) is 17.0. The van der Waals surface area contributed by atoms with Gasteiger partial charge in [-0.2, -0.15) is 35.3 Å². The molecule has 41 heteroatoms. The molecule has 21 aliphatic heterocycles. The van der Waals surface area contributed by atoms with E-state index < -0.39 is 248 Å². The zero-order chi connectivity index (χ0) is 68.4. The third kappa shape index (κ3) is 18.3. The van der Waals surface area contributed by atoms with Gasteiger partial charge in [-0.25, -0.2) is 0 Å². The predicted octanol–water partition coefficient (Wildman–Crippen LogP) is -16.8. The summed E-state index contributed by atoms with van der Waals surface area (Å²) in [5.41, 5.74) is 18.1. The molecule has 21 heterocycles. The van der Waals surface area contributed by atoms with Gasteiger partial charge in [0.05, 0.1) is 58.3 Å². The van der Waals surface area contributed by atoms with Crippen LogP contribution in [0, 0.1) is 0 Å². The molecular weight excluding hydrogens is 1330 g/mol. The van der Waals surface area contributed by atoms with Crippen LogP contribution in [0.3, 0.4) is 0 Å². The van der Waals surface area contributed by atoms with Crippen molar-refractivity contribution < 1.29 is 173 Å². The number of rotatable bonds is 20. The van der Waals surface area contributed by atoms with Gasteiger partial charge in [0.15, 0.2) is 44.0 Å². The lowest BCUT2D eigenvalue weighted by molar-refractivity contribution is -0.458. The lowest BCUT2D eigenvalue weighted by atomic mass is 9.95. The Balaban J connectivity index is 1.08. The molecule has 14 unspecified atom stereocenters. The number of nitrogens with two attached hydrogens (primary N) is 3. The maximum Gasteiger partial charge on any atom is 0.252 e. The highest BCUT2D eigenvalue weighted by atomic mass is 32.2. The van der Waals surface area contributed by atoms with Crippen molar-refractivity contribution in [2.75, 3.05) is 87.2 Å². The van der Waals surface area contributed by atoms with Gasteiger partial charge >= 0.3 is 0 Å². The zero-order valence-corrected chi connectivity index (χ0v) is 53.4. The van der Waals surface area contributed by atoms with Gasteiger partial charge in [-0.05, 0) is 5.75 Å². The summed E-state index contributed by atoms with van der Waals surface area (Å²) in [7, 11) is 0. The monoisotopic (exact) mass is 1430 g/mol. The van der Waals surface area contributed by atoms with Crippen molar-refractivity contribution in [3.63, 3.8) is 0 Å². The number of amidine groups is 2. The molecule has 21 rings (SSSR count). The maximum atomic E-state index is 11.9. The molecule has 21 saturated heterocycles. The quantitative estimate of drug-likeness (QED) is 0.0306. The summed E-state index contributed by atoms with van der Waals surface area (Å²) in [6, 6.07) is 0. The van der Waals surface area contributed by atoms with E-state index >= 15 is 0 Å². The normalized spacial score (nSPS) is 47.9. The van der Waals surface area contributed by atoms with E-state index in [1.807, 2.05) is 6.92 Å². The first-order valence-electron chi connectivity index (χ1n) is 30.8. The molecule has 0 spiro atoms. The van der Waals surface area contributed by atoms with Gasteiger partial charge in [-0.15, -0.1) is 0 Å². The first-order chi connectivity index (χ1) is 44.9. The van der Waals surface area contributed by atoms with Crippen LogP contribution in [-0.4, -0.2) is 411 Å². The summed E-state index contributed by atoms with van der Waals surface area (Å²) in [6.45, 7) is -2.07. The van der Waals surface area contributed by atoms with E-state index in [4.69, 9.17) is 83.5 Å². The number of aliphatic hydroxyl groups excluding tert-OH is 19. The van der Waals surface area contributed by atoms with Gasteiger partial charge in [0.25, 0.3) is 11.7 Å². The molecule has 94 heavy (non-hydrogen) atoms. The van der Waals surface area contributed by atoms with E-state index in [1.54, 1.807) is 11.8 Å². The van der Waals surface area contributed by atoms with Crippen molar-refractivity contribution in [2.24, 2.45) is 17.2 Å². The Morgan fingerprint density at radius 2 is 0.521 bits per heavy atom. The molecule has 21 fully saturated rings. The van der Waals surface area contributed by atoms with Crippen LogP contribution in [0.15, 0.2) is 0 Å². The van der Waals surface area contributed by atoms with E-state index in [0.717, 1.165) is 23.3 Å². The van der Waals surface area contributed by atoms with Crippen LogP contribution in [0.4, 0.5) is 0 Å². The van der Waals surface area contributed by atoms with Crippen LogP contribution in [0.25, 0.3) is 0 Å². The van der Waals surface area contributed by atoms with E-state index in [0.29, 0.717) is 24.0 Å². The van der Waals surface area contributed by atoms with Crippen LogP contribution in [0.1, 0.15) is 13.3 Å². The largest absolute Gasteiger partial charge is 0.394 e. The molecule has 0 aromatic heterocycles. The van der Waals surface area contributed by atoms with Crippen LogP contribution in [0.2, 0.25) is 0 Å². The highest BCUT2D eigenvalue weighted by molar-refractivity contribution is 7.99. The minimum atomic E-state index is -2.20. The molecule has 0 aromatic carbocycles. The maximum absolute atomic E-state index is 11.9. The Hall–Kier alpha value is -1.37. The number of hydrogen-bond acceptors (Lipinski definition) is 37. The van der Waals surface area contributed by atoms with Gasteiger partial charge in [-0.3, -0.25) is 21.5 Å².